The zero-order valence-electron chi connectivity index (χ0n) is 9.64. The van der Waals surface area contributed by atoms with Crippen molar-refractivity contribution in [2.75, 3.05) is 26.9 Å². The van der Waals surface area contributed by atoms with E-state index in [9.17, 15) is 15.3 Å². The largest absolute Gasteiger partial charge is 0.394 e. The van der Waals surface area contributed by atoms with Gasteiger partial charge in [-0.2, -0.15) is 5.06 Å². The molecular formula is C10H19NO6. The molecule has 6 atom stereocenters. The number of likely N-dealkylation sites (N-methyl/N-ethyl adjacent to an activating group) is 1. The second kappa shape index (κ2) is 5.15. The summed E-state index contributed by atoms with van der Waals surface area (Å²) in [6.07, 6.45) is -4.51. The van der Waals surface area contributed by atoms with Crippen LogP contribution < -0.4 is 0 Å². The Labute approximate surface area is 99.1 Å². The van der Waals surface area contributed by atoms with Crippen LogP contribution >= 0.6 is 0 Å². The van der Waals surface area contributed by atoms with Crippen LogP contribution in [0.4, 0.5) is 0 Å². The molecule has 0 amide bonds. The zero-order valence-corrected chi connectivity index (χ0v) is 9.64. The normalized spacial score (nSPS) is 42.2. The number of ether oxygens (including phenoxy) is 1. The van der Waals surface area contributed by atoms with Gasteiger partial charge in [0.25, 0.3) is 0 Å². The number of fused-ring (bicyclic) bond motifs is 1. The summed E-state index contributed by atoms with van der Waals surface area (Å²) in [4.78, 5) is 5.28. The number of hydroxylamine groups is 2. The van der Waals surface area contributed by atoms with Gasteiger partial charge in [0.15, 0.2) is 0 Å². The van der Waals surface area contributed by atoms with Gasteiger partial charge in [0, 0.05) is 13.0 Å². The van der Waals surface area contributed by atoms with Crippen LogP contribution in [0.2, 0.25) is 0 Å². The Hall–Kier alpha value is -0.280. The van der Waals surface area contributed by atoms with Crippen LogP contribution in [0.5, 0.6) is 0 Å². The highest BCUT2D eigenvalue weighted by Gasteiger charge is 2.49. The topological polar surface area (TPSA) is 103 Å². The number of aliphatic hydroxyl groups is 4. The van der Waals surface area contributed by atoms with Gasteiger partial charge in [-0.15, -0.1) is 0 Å². The van der Waals surface area contributed by atoms with Gasteiger partial charge in [-0.1, -0.05) is 0 Å². The maximum absolute atomic E-state index is 10.1. The molecule has 17 heavy (non-hydrogen) atoms. The molecule has 0 aliphatic carbocycles. The van der Waals surface area contributed by atoms with E-state index in [1.807, 2.05) is 0 Å². The SMILES string of the molecule is CN1OC[C@H]2CO[C@@H]([C@H](O)[C@H](O)CO)[C@H](O)[C@H]21. The van der Waals surface area contributed by atoms with Gasteiger partial charge >= 0.3 is 0 Å². The summed E-state index contributed by atoms with van der Waals surface area (Å²) in [7, 11) is 1.71. The minimum atomic E-state index is -1.32. The molecule has 2 aliphatic heterocycles. The van der Waals surface area contributed by atoms with E-state index in [2.05, 4.69) is 0 Å². The van der Waals surface area contributed by atoms with Crippen molar-refractivity contribution in [3.05, 3.63) is 0 Å². The van der Waals surface area contributed by atoms with Gasteiger partial charge in [-0.05, 0) is 0 Å². The fourth-order valence-corrected chi connectivity index (χ4v) is 2.49. The van der Waals surface area contributed by atoms with Gasteiger partial charge in [0.1, 0.15) is 24.4 Å². The molecule has 4 N–H and O–H groups in total. The van der Waals surface area contributed by atoms with Crippen LogP contribution in [-0.2, 0) is 9.57 Å². The minimum Gasteiger partial charge on any atom is -0.394 e. The highest BCUT2D eigenvalue weighted by molar-refractivity contribution is 4.97. The zero-order chi connectivity index (χ0) is 12.6. The molecule has 0 aromatic rings. The number of aliphatic hydroxyl groups excluding tert-OH is 4. The summed E-state index contributed by atoms with van der Waals surface area (Å²) in [5, 5.41) is 39.6. The standard InChI is InChI=1S/C10H19NO6/c1-11-7-5(4-17-11)3-16-10(9(7)15)8(14)6(13)2-12/h5-10,12-15H,2-4H2,1H3/t5-,6-,7+,8-,9-,10+/m1/s1. The highest BCUT2D eigenvalue weighted by atomic mass is 16.7. The summed E-state index contributed by atoms with van der Waals surface area (Å²) in [6, 6.07) is -0.255. The van der Waals surface area contributed by atoms with Crippen molar-refractivity contribution in [1.82, 2.24) is 5.06 Å². The molecule has 0 unspecified atom stereocenters. The van der Waals surface area contributed by atoms with E-state index in [0.717, 1.165) is 0 Å². The van der Waals surface area contributed by atoms with E-state index < -0.39 is 31.0 Å². The molecule has 2 saturated heterocycles. The minimum absolute atomic E-state index is 0.0599. The van der Waals surface area contributed by atoms with Crippen molar-refractivity contribution in [2.45, 2.75) is 30.5 Å². The lowest BCUT2D eigenvalue weighted by Gasteiger charge is -2.40. The Balaban J connectivity index is 2.05. The molecule has 2 rings (SSSR count). The van der Waals surface area contributed by atoms with Crippen molar-refractivity contribution >= 4 is 0 Å². The molecule has 0 aromatic heterocycles. The number of hydrogen-bond acceptors (Lipinski definition) is 7. The van der Waals surface area contributed by atoms with E-state index in [-0.39, 0.29) is 12.0 Å². The summed E-state index contributed by atoms with van der Waals surface area (Å²) < 4.78 is 5.36. The molecule has 2 aliphatic rings. The summed E-state index contributed by atoms with van der Waals surface area (Å²) in [5.41, 5.74) is 0. The fourth-order valence-electron chi connectivity index (χ4n) is 2.49. The first kappa shape index (κ1) is 13.2. The molecule has 0 bridgehead atoms. The Kier molecular flexibility index (Phi) is 3.99. The Bertz CT molecular complexity index is 265. The summed E-state index contributed by atoms with van der Waals surface area (Å²) in [5.74, 6) is 0.0599. The Morgan fingerprint density at radius 2 is 2.06 bits per heavy atom. The summed E-state index contributed by atoms with van der Waals surface area (Å²) in [6.45, 7) is 0.254. The second-order valence-electron chi connectivity index (χ2n) is 4.62. The molecular weight excluding hydrogens is 230 g/mol. The van der Waals surface area contributed by atoms with Crippen LogP contribution in [0, 0.1) is 5.92 Å². The van der Waals surface area contributed by atoms with Crippen molar-refractivity contribution < 1.29 is 30.0 Å². The molecule has 0 radical (unpaired) electrons. The van der Waals surface area contributed by atoms with E-state index in [4.69, 9.17) is 14.7 Å². The quantitative estimate of drug-likeness (QED) is 0.432. The third-order valence-electron chi connectivity index (χ3n) is 3.50. The number of nitrogens with zero attached hydrogens (tertiary/aromatic N) is 1. The third-order valence-corrected chi connectivity index (χ3v) is 3.50. The first-order chi connectivity index (χ1) is 8.06. The predicted octanol–water partition coefficient (Wildman–Crippen LogP) is -2.68. The third kappa shape index (κ3) is 2.32. The monoisotopic (exact) mass is 249 g/mol. The van der Waals surface area contributed by atoms with E-state index in [1.165, 1.54) is 0 Å². The number of hydrogen-bond donors (Lipinski definition) is 4. The molecule has 0 saturated carbocycles. The van der Waals surface area contributed by atoms with Crippen LogP contribution in [0.25, 0.3) is 0 Å². The predicted molar refractivity (Wildman–Crippen MR) is 55.8 cm³/mol. The van der Waals surface area contributed by atoms with Gasteiger partial charge < -0.3 is 25.2 Å². The van der Waals surface area contributed by atoms with Crippen molar-refractivity contribution in [1.29, 1.82) is 0 Å². The molecule has 7 nitrogen and oxygen atoms in total. The maximum Gasteiger partial charge on any atom is 0.113 e. The second-order valence-corrected chi connectivity index (χ2v) is 4.62. The lowest BCUT2D eigenvalue weighted by atomic mass is 9.87. The lowest BCUT2D eigenvalue weighted by Crippen LogP contribution is -2.59. The Morgan fingerprint density at radius 1 is 1.35 bits per heavy atom. The smallest absolute Gasteiger partial charge is 0.113 e. The average molecular weight is 249 g/mol. The molecule has 0 aromatic carbocycles. The van der Waals surface area contributed by atoms with Crippen LogP contribution in [-0.4, -0.2) is 82.8 Å². The molecule has 7 heteroatoms. The van der Waals surface area contributed by atoms with Crippen LogP contribution in [0.15, 0.2) is 0 Å². The maximum atomic E-state index is 10.1. The van der Waals surface area contributed by atoms with Crippen LogP contribution in [0.1, 0.15) is 0 Å². The number of rotatable bonds is 3. The van der Waals surface area contributed by atoms with Crippen molar-refractivity contribution in [2.24, 2.45) is 5.92 Å². The van der Waals surface area contributed by atoms with Gasteiger partial charge in [-0.3, -0.25) is 4.84 Å². The Morgan fingerprint density at radius 3 is 2.71 bits per heavy atom. The van der Waals surface area contributed by atoms with E-state index in [1.54, 1.807) is 12.1 Å². The van der Waals surface area contributed by atoms with E-state index >= 15 is 0 Å². The molecule has 2 heterocycles. The van der Waals surface area contributed by atoms with Crippen molar-refractivity contribution in [3.8, 4) is 0 Å². The first-order valence-corrected chi connectivity index (χ1v) is 5.68. The van der Waals surface area contributed by atoms with Gasteiger partial charge in [-0.25, -0.2) is 0 Å². The molecule has 100 valence electrons. The fraction of sp³-hybridized carbons (Fsp3) is 1.00. The van der Waals surface area contributed by atoms with Crippen molar-refractivity contribution in [3.63, 3.8) is 0 Å². The van der Waals surface area contributed by atoms with Gasteiger partial charge in [0.05, 0.1) is 25.9 Å². The van der Waals surface area contributed by atoms with Crippen LogP contribution in [0.3, 0.4) is 0 Å². The first-order valence-electron chi connectivity index (χ1n) is 5.68. The molecule has 0 spiro atoms. The molecule has 2 fully saturated rings. The van der Waals surface area contributed by atoms with E-state index in [0.29, 0.717) is 13.2 Å². The highest BCUT2D eigenvalue weighted by Crippen LogP contribution is 2.31. The average Bonchev–Trinajstić information content (AvgIpc) is 2.70. The lowest BCUT2D eigenvalue weighted by molar-refractivity contribution is -0.202. The van der Waals surface area contributed by atoms with Gasteiger partial charge in [0.2, 0.25) is 0 Å². The summed E-state index contributed by atoms with van der Waals surface area (Å²) >= 11 is 0.